The molecule has 6 heteroatoms. The molecule has 0 aliphatic heterocycles. The van der Waals surface area contributed by atoms with Crippen molar-refractivity contribution in [3.63, 3.8) is 0 Å². The van der Waals surface area contributed by atoms with Gasteiger partial charge in [-0.25, -0.2) is 4.98 Å². The minimum absolute atomic E-state index is 0.390. The molecule has 0 amide bonds. The molecule has 2 aromatic carbocycles. The van der Waals surface area contributed by atoms with Gasteiger partial charge < -0.3 is 19.3 Å². The number of furan rings is 1. The number of nitrogens with zero attached hydrogens (tertiary/aromatic N) is 3. The van der Waals surface area contributed by atoms with Gasteiger partial charge in [0.05, 0.1) is 12.8 Å². The molecule has 2 aromatic heterocycles. The maximum absolute atomic E-state index is 9.44. The van der Waals surface area contributed by atoms with Crippen molar-refractivity contribution in [3.8, 4) is 11.6 Å². The molecule has 6 nitrogen and oxygen atoms in total. The van der Waals surface area contributed by atoms with Crippen molar-refractivity contribution in [1.82, 2.24) is 9.88 Å². The van der Waals surface area contributed by atoms with E-state index in [1.54, 1.807) is 29.5 Å². The zero-order valence-electron chi connectivity index (χ0n) is 15.3. The van der Waals surface area contributed by atoms with Crippen LogP contribution in [0.4, 0.5) is 0 Å². The molecule has 0 spiro atoms. The highest BCUT2D eigenvalue weighted by Crippen LogP contribution is 2.24. The Morgan fingerprint density at radius 1 is 1.07 bits per heavy atom. The summed E-state index contributed by atoms with van der Waals surface area (Å²) in [7, 11) is 1.82. The highest BCUT2D eigenvalue weighted by Gasteiger charge is 2.13. The second-order valence-electron chi connectivity index (χ2n) is 6.36. The summed E-state index contributed by atoms with van der Waals surface area (Å²) in [4.78, 5) is 6.12. The first-order valence-corrected chi connectivity index (χ1v) is 8.81. The van der Waals surface area contributed by atoms with Crippen LogP contribution in [-0.4, -0.2) is 28.0 Å². The van der Waals surface area contributed by atoms with Gasteiger partial charge in [-0.1, -0.05) is 35.5 Å². The van der Waals surface area contributed by atoms with Crippen molar-refractivity contribution < 1.29 is 14.4 Å². The van der Waals surface area contributed by atoms with Crippen LogP contribution >= 0.6 is 0 Å². The smallest absolute Gasteiger partial charge is 0.219 e. The summed E-state index contributed by atoms with van der Waals surface area (Å²) >= 11 is 0. The lowest BCUT2D eigenvalue weighted by Gasteiger charge is -2.18. The molecule has 0 radical (unpaired) electrons. The number of oxime groups is 1. The Labute approximate surface area is 162 Å². The zero-order valence-corrected chi connectivity index (χ0v) is 15.3. The third-order valence-corrected chi connectivity index (χ3v) is 4.37. The fourth-order valence-corrected chi connectivity index (χ4v) is 2.99. The summed E-state index contributed by atoms with van der Waals surface area (Å²) in [5, 5.41) is 15.1. The molecule has 0 bridgehead atoms. The molecule has 0 fully saturated rings. The van der Waals surface area contributed by atoms with E-state index in [0.29, 0.717) is 29.6 Å². The Balaban J connectivity index is 1.49. The summed E-state index contributed by atoms with van der Waals surface area (Å²) < 4.78 is 11.2. The van der Waals surface area contributed by atoms with Crippen LogP contribution in [0.5, 0.6) is 11.6 Å². The van der Waals surface area contributed by atoms with Gasteiger partial charge in [0.15, 0.2) is 5.84 Å². The van der Waals surface area contributed by atoms with E-state index in [0.717, 1.165) is 16.5 Å². The summed E-state index contributed by atoms with van der Waals surface area (Å²) in [5.41, 5.74) is 0.669. The third kappa shape index (κ3) is 3.81. The first-order valence-electron chi connectivity index (χ1n) is 8.81. The molecule has 4 aromatic rings. The average Bonchev–Trinajstić information content (AvgIpc) is 3.23. The van der Waals surface area contributed by atoms with Crippen molar-refractivity contribution in [1.29, 1.82) is 0 Å². The molecule has 140 valence electrons. The highest BCUT2D eigenvalue weighted by atomic mass is 16.5. The van der Waals surface area contributed by atoms with Crippen molar-refractivity contribution >= 4 is 16.6 Å². The van der Waals surface area contributed by atoms with E-state index in [1.807, 2.05) is 55.6 Å². The van der Waals surface area contributed by atoms with E-state index in [9.17, 15) is 5.21 Å². The van der Waals surface area contributed by atoms with Gasteiger partial charge in [0.1, 0.15) is 11.5 Å². The largest absolute Gasteiger partial charge is 0.467 e. The first kappa shape index (κ1) is 17.6. The lowest BCUT2D eigenvalue weighted by molar-refractivity contribution is 0.302. The minimum atomic E-state index is 0.390. The Bertz CT molecular complexity index is 1090. The summed E-state index contributed by atoms with van der Waals surface area (Å²) in [6.07, 6.45) is 3.23. The molecule has 0 unspecified atom stereocenters. The molecule has 1 N–H and O–H groups in total. The van der Waals surface area contributed by atoms with Gasteiger partial charge >= 0.3 is 0 Å². The fourth-order valence-electron chi connectivity index (χ4n) is 2.99. The number of rotatable bonds is 5. The predicted molar refractivity (Wildman–Crippen MR) is 107 cm³/mol. The molecular weight excluding hydrogens is 354 g/mol. The molecule has 0 atom stereocenters. The van der Waals surface area contributed by atoms with Gasteiger partial charge in [-0.3, -0.25) is 0 Å². The van der Waals surface area contributed by atoms with Crippen LogP contribution in [0.1, 0.15) is 11.3 Å². The lowest BCUT2D eigenvalue weighted by atomic mass is 10.1. The maximum Gasteiger partial charge on any atom is 0.219 e. The number of benzene rings is 2. The van der Waals surface area contributed by atoms with Gasteiger partial charge in [-0.05, 0) is 41.1 Å². The molecule has 0 saturated carbocycles. The third-order valence-electron chi connectivity index (χ3n) is 4.37. The number of pyridine rings is 1. The van der Waals surface area contributed by atoms with Gasteiger partial charge in [-0.2, -0.15) is 0 Å². The van der Waals surface area contributed by atoms with Gasteiger partial charge in [0, 0.05) is 24.9 Å². The molecule has 0 aliphatic rings. The van der Waals surface area contributed by atoms with Crippen LogP contribution in [0, 0.1) is 0 Å². The van der Waals surface area contributed by atoms with Crippen LogP contribution in [0.15, 0.2) is 88.8 Å². The first-order chi connectivity index (χ1) is 13.7. The summed E-state index contributed by atoms with van der Waals surface area (Å²) in [5.74, 6) is 2.34. The normalized spacial score (nSPS) is 11.5. The molecule has 28 heavy (non-hydrogen) atoms. The van der Waals surface area contributed by atoms with Crippen LogP contribution in [0.2, 0.25) is 0 Å². The van der Waals surface area contributed by atoms with Crippen LogP contribution < -0.4 is 4.74 Å². The monoisotopic (exact) mass is 373 g/mol. The van der Waals surface area contributed by atoms with Crippen LogP contribution in [0.3, 0.4) is 0 Å². The molecule has 0 saturated heterocycles. The Kier molecular flexibility index (Phi) is 4.93. The Hall–Kier alpha value is -3.80. The van der Waals surface area contributed by atoms with Crippen molar-refractivity contribution in [3.05, 3.63) is 90.5 Å². The van der Waals surface area contributed by atoms with Crippen molar-refractivity contribution in [2.24, 2.45) is 5.16 Å². The van der Waals surface area contributed by atoms with Crippen molar-refractivity contribution in [2.75, 3.05) is 7.05 Å². The Morgan fingerprint density at radius 2 is 1.93 bits per heavy atom. The number of ether oxygens (including phenoxy) is 1. The van der Waals surface area contributed by atoms with Crippen LogP contribution in [-0.2, 0) is 6.54 Å². The molecule has 2 heterocycles. The number of fused-ring (bicyclic) bond motifs is 1. The standard InChI is InChI=1S/C22H19N3O3/c1-25(15-20-7-4-12-27-20)22(24-26)18-9-11-21(23-14-18)28-19-10-8-16-5-2-3-6-17(16)13-19/h2-14,26H,15H2,1H3/b24-22-. The van der Waals surface area contributed by atoms with E-state index >= 15 is 0 Å². The molecular formula is C22H19N3O3. The van der Waals surface area contributed by atoms with Gasteiger partial charge in [0.2, 0.25) is 5.88 Å². The van der Waals surface area contributed by atoms with E-state index in [-0.39, 0.29) is 0 Å². The SMILES string of the molecule is CN(Cc1ccco1)/C(=N\O)c1ccc(Oc2ccc3ccccc3c2)nc1. The van der Waals surface area contributed by atoms with Crippen molar-refractivity contribution in [2.45, 2.75) is 6.54 Å². The molecule has 0 aliphatic carbocycles. The van der Waals surface area contributed by atoms with E-state index in [2.05, 4.69) is 16.2 Å². The van der Waals surface area contributed by atoms with Crippen LogP contribution in [0.25, 0.3) is 10.8 Å². The van der Waals surface area contributed by atoms with E-state index < -0.39 is 0 Å². The predicted octanol–water partition coefficient (Wildman–Crippen LogP) is 4.89. The summed E-state index contributed by atoms with van der Waals surface area (Å²) in [6, 6.07) is 21.2. The van der Waals surface area contributed by atoms with E-state index in [1.165, 1.54) is 0 Å². The fraction of sp³-hybridized carbons (Fsp3) is 0.0909. The lowest BCUT2D eigenvalue weighted by Crippen LogP contribution is -2.27. The number of hydrogen-bond donors (Lipinski definition) is 1. The minimum Gasteiger partial charge on any atom is -0.467 e. The van der Waals surface area contributed by atoms with Gasteiger partial charge in [0.25, 0.3) is 0 Å². The highest BCUT2D eigenvalue weighted by molar-refractivity contribution is 5.97. The second-order valence-corrected chi connectivity index (χ2v) is 6.36. The Morgan fingerprint density at radius 3 is 2.64 bits per heavy atom. The topological polar surface area (TPSA) is 71.1 Å². The quantitative estimate of drug-likeness (QED) is 0.233. The number of aromatic nitrogens is 1. The maximum atomic E-state index is 9.44. The average molecular weight is 373 g/mol. The van der Waals surface area contributed by atoms with E-state index in [4.69, 9.17) is 9.15 Å². The van der Waals surface area contributed by atoms with Gasteiger partial charge in [-0.15, -0.1) is 0 Å². The number of amidine groups is 1. The zero-order chi connectivity index (χ0) is 19.3. The second kappa shape index (κ2) is 7.84. The summed E-state index contributed by atoms with van der Waals surface area (Å²) in [6.45, 7) is 0.474. The molecule has 4 rings (SSSR count). The number of hydrogen-bond acceptors (Lipinski definition) is 5.